The molecule has 0 spiro atoms. The average Bonchev–Trinajstić information content (AvgIpc) is 2.30. The summed E-state index contributed by atoms with van der Waals surface area (Å²) >= 11 is 0. The predicted octanol–water partition coefficient (Wildman–Crippen LogP) is 2.08. The predicted molar refractivity (Wildman–Crippen MR) is 74.5 cm³/mol. The molecule has 0 aliphatic carbocycles. The number of hydrogen-bond donors (Lipinski definition) is 2. The van der Waals surface area contributed by atoms with E-state index >= 15 is 0 Å². The molecular weight excluding hydrogens is 228 g/mol. The van der Waals surface area contributed by atoms with E-state index in [-0.39, 0.29) is 0 Å². The molecular formula is C14H24N2O2. The molecule has 0 aliphatic heterocycles. The Hall–Kier alpha value is -1.26. The maximum atomic E-state index is 9.83. The fourth-order valence-corrected chi connectivity index (χ4v) is 1.94. The molecule has 4 heteroatoms. The standard InChI is InChI=1S/C14H24N2O2/c1-11(2)9-16(6-7-18-3)10-12-8-13(15)4-5-14(12)17/h4-5,8,11,17H,6-7,9-10,15H2,1-3H3. The molecule has 0 aromatic heterocycles. The normalized spacial score (nSPS) is 11.4. The van der Waals surface area contributed by atoms with Crippen LogP contribution in [0.1, 0.15) is 19.4 Å². The van der Waals surface area contributed by atoms with Gasteiger partial charge >= 0.3 is 0 Å². The number of anilines is 1. The Morgan fingerprint density at radius 1 is 1.39 bits per heavy atom. The first-order chi connectivity index (χ1) is 8.52. The number of aromatic hydroxyl groups is 1. The Morgan fingerprint density at radius 2 is 2.11 bits per heavy atom. The van der Waals surface area contributed by atoms with E-state index in [0.29, 0.717) is 30.5 Å². The zero-order valence-electron chi connectivity index (χ0n) is 11.5. The second-order valence-electron chi connectivity index (χ2n) is 5.01. The van der Waals surface area contributed by atoms with Crippen LogP contribution in [0.5, 0.6) is 5.75 Å². The van der Waals surface area contributed by atoms with Gasteiger partial charge in [-0.25, -0.2) is 0 Å². The summed E-state index contributed by atoms with van der Waals surface area (Å²) in [6.07, 6.45) is 0. The Balaban J connectivity index is 2.71. The zero-order chi connectivity index (χ0) is 13.5. The van der Waals surface area contributed by atoms with Crippen LogP contribution in [0.15, 0.2) is 18.2 Å². The maximum absolute atomic E-state index is 9.83. The number of phenols is 1. The molecule has 1 aromatic carbocycles. The topological polar surface area (TPSA) is 58.7 Å². The number of hydrogen-bond acceptors (Lipinski definition) is 4. The highest BCUT2D eigenvalue weighted by Crippen LogP contribution is 2.21. The van der Waals surface area contributed by atoms with Crippen LogP contribution in [0.4, 0.5) is 5.69 Å². The number of rotatable bonds is 7. The summed E-state index contributed by atoms with van der Waals surface area (Å²) < 4.78 is 5.12. The molecule has 0 unspecified atom stereocenters. The highest BCUT2D eigenvalue weighted by atomic mass is 16.5. The van der Waals surface area contributed by atoms with Crippen LogP contribution in [0, 0.1) is 5.92 Å². The summed E-state index contributed by atoms with van der Waals surface area (Å²) in [5, 5.41) is 9.83. The van der Waals surface area contributed by atoms with E-state index in [2.05, 4.69) is 18.7 Å². The van der Waals surface area contributed by atoms with Gasteiger partial charge in [-0.3, -0.25) is 4.90 Å². The van der Waals surface area contributed by atoms with Crippen molar-refractivity contribution in [2.24, 2.45) is 5.92 Å². The number of benzene rings is 1. The molecule has 3 N–H and O–H groups in total. The van der Waals surface area contributed by atoms with Gasteiger partial charge in [0.05, 0.1) is 6.61 Å². The van der Waals surface area contributed by atoms with Crippen molar-refractivity contribution in [3.8, 4) is 5.75 Å². The zero-order valence-corrected chi connectivity index (χ0v) is 11.5. The summed E-state index contributed by atoms with van der Waals surface area (Å²) in [5.41, 5.74) is 7.30. The number of nitrogen functional groups attached to an aromatic ring is 1. The molecule has 0 bridgehead atoms. The van der Waals surface area contributed by atoms with Gasteiger partial charge in [-0.05, 0) is 24.1 Å². The molecule has 18 heavy (non-hydrogen) atoms. The van der Waals surface area contributed by atoms with Gasteiger partial charge in [0.2, 0.25) is 0 Å². The molecule has 0 fully saturated rings. The summed E-state index contributed by atoms with van der Waals surface area (Å²) in [5.74, 6) is 0.875. The first kappa shape index (κ1) is 14.8. The quantitative estimate of drug-likeness (QED) is 0.576. The summed E-state index contributed by atoms with van der Waals surface area (Å²) in [6, 6.07) is 5.19. The maximum Gasteiger partial charge on any atom is 0.120 e. The minimum Gasteiger partial charge on any atom is -0.508 e. The molecule has 0 saturated carbocycles. The molecule has 102 valence electrons. The van der Waals surface area contributed by atoms with Crippen molar-refractivity contribution in [2.75, 3.05) is 32.5 Å². The van der Waals surface area contributed by atoms with Crippen LogP contribution in [0.25, 0.3) is 0 Å². The molecule has 0 atom stereocenters. The average molecular weight is 252 g/mol. The molecule has 1 rings (SSSR count). The Labute approximate surface area is 109 Å². The van der Waals surface area contributed by atoms with E-state index in [9.17, 15) is 5.11 Å². The van der Waals surface area contributed by atoms with Crippen molar-refractivity contribution in [1.82, 2.24) is 4.90 Å². The van der Waals surface area contributed by atoms with Crippen LogP contribution >= 0.6 is 0 Å². The van der Waals surface area contributed by atoms with Gasteiger partial charge in [0.25, 0.3) is 0 Å². The lowest BCUT2D eigenvalue weighted by molar-refractivity contribution is 0.135. The molecule has 0 amide bonds. The second-order valence-corrected chi connectivity index (χ2v) is 5.01. The second kappa shape index (κ2) is 7.24. The SMILES string of the molecule is COCCN(Cc1cc(N)ccc1O)CC(C)C. The van der Waals surface area contributed by atoms with Gasteiger partial charge in [0, 0.05) is 38.0 Å². The molecule has 0 aliphatic rings. The lowest BCUT2D eigenvalue weighted by atomic mass is 10.1. The number of nitrogens with two attached hydrogens (primary N) is 1. The van der Waals surface area contributed by atoms with Crippen molar-refractivity contribution < 1.29 is 9.84 Å². The van der Waals surface area contributed by atoms with Crippen LogP contribution < -0.4 is 5.73 Å². The van der Waals surface area contributed by atoms with E-state index < -0.39 is 0 Å². The Morgan fingerprint density at radius 3 is 2.72 bits per heavy atom. The van der Waals surface area contributed by atoms with Crippen LogP contribution in [0.3, 0.4) is 0 Å². The van der Waals surface area contributed by atoms with Crippen molar-refractivity contribution in [3.63, 3.8) is 0 Å². The molecule has 0 radical (unpaired) electrons. The largest absolute Gasteiger partial charge is 0.508 e. The third kappa shape index (κ3) is 4.94. The van der Waals surface area contributed by atoms with Gasteiger partial charge in [-0.2, -0.15) is 0 Å². The lowest BCUT2D eigenvalue weighted by Crippen LogP contribution is -2.30. The van der Waals surface area contributed by atoms with Crippen molar-refractivity contribution in [3.05, 3.63) is 23.8 Å². The minimum atomic E-state index is 0.301. The highest BCUT2D eigenvalue weighted by Gasteiger charge is 2.11. The number of nitrogens with zero attached hydrogens (tertiary/aromatic N) is 1. The molecule has 4 nitrogen and oxygen atoms in total. The Kier molecular flexibility index (Phi) is 5.95. The number of methoxy groups -OCH3 is 1. The third-order valence-corrected chi connectivity index (χ3v) is 2.73. The van der Waals surface area contributed by atoms with Gasteiger partial charge < -0.3 is 15.6 Å². The fourth-order valence-electron chi connectivity index (χ4n) is 1.94. The number of phenolic OH excluding ortho intramolecular Hbond substituents is 1. The van der Waals surface area contributed by atoms with E-state index in [1.807, 2.05) is 6.07 Å². The van der Waals surface area contributed by atoms with Gasteiger partial charge in [-0.1, -0.05) is 13.8 Å². The Bertz CT molecular complexity index is 367. The van der Waals surface area contributed by atoms with Crippen molar-refractivity contribution in [2.45, 2.75) is 20.4 Å². The van der Waals surface area contributed by atoms with E-state index in [0.717, 1.165) is 18.7 Å². The van der Waals surface area contributed by atoms with E-state index in [1.165, 1.54) is 0 Å². The highest BCUT2D eigenvalue weighted by molar-refractivity contribution is 5.47. The van der Waals surface area contributed by atoms with E-state index in [4.69, 9.17) is 10.5 Å². The van der Waals surface area contributed by atoms with Gasteiger partial charge in [-0.15, -0.1) is 0 Å². The van der Waals surface area contributed by atoms with Crippen molar-refractivity contribution >= 4 is 5.69 Å². The molecule has 0 heterocycles. The fraction of sp³-hybridized carbons (Fsp3) is 0.571. The van der Waals surface area contributed by atoms with Crippen LogP contribution in [-0.4, -0.2) is 36.8 Å². The lowest BCUT2D eigenvalue weighted by Gasteiger charge is -2.24. The van der Waals surface area contributed by atoms with Crippen LogP contribution in [-0.2, 0) is 11.3 Å². The third-order valence-electron chi connectivity index (χ3n) is 2.73. The van der Waals surface area contributed by atoms with Crippen LogP contribution in [0.2, 0.25) is 0 Å². The van der Waals surface area contributed by atoms with E-state index in [1.54, 1.807) is 19.2 Å². The van der Waals surface area contributed by atoms with Gasteiger partial charge in [0.1, 0.15) is 5.75 Å². The molecule has 0 saturated heterocycles. The smallest absolute Gasteiger partial charge is 0.120 e. The molecule has 1 aromatic rings. The monoisotopic (exact) mass is 252 g/mol. The first-order valence-corrected chi connectivity index (χ1v) is 6.31. The summed E-state index contributed by atoms with van der Waals surface area (Å²) in [4.78, 5) is 2.27. The van der Waals surface area contributed by atoms with Crippen molar-refractivity contribution in [1.29, 1.82) is 0 Å². The summed E-state index contributed by atoms with van der Waals surface area (Å²) in [7, 11) is 1.70. The number of ether oxygens (including phenoxy) is 1. The first-order valence-electron chi connectivity index (χ1n) is 6.31. The summed E-state index contributed by atoms with van der Waals surface area (Å²) in [6.45, 7) is 7.56. The van der Waals surface area contributed by atoms with Gasteiger partial charge in [0.15, 0.2) is 0 Å². The minimum absolute atomic E-state index is 0.301.